The molecule has 162 valence electrons. The number of hydrogen-bond donors (Lipinski definition) is 1. The van der Waals surface area contributed by atoms with Gasteiger partial charge in [0.1, 0.15) is 5.75 Å². The predicted octanol–water partition coefficient (Wildman–Crippen LogP) is 4.80. The molecule has 0 atom stereocenters. The van der Waals surface area contributed by atoms with Crippen LogP contribution >= 0.6 is 0 Å². The van der Waals surface area contributed by atoms with E-state index < -0.39 is 17.2 Å². The van der Waals surface area contributed by atoms with E-state index in [9.17, 15) is 23.1 Å². The molecule has 1 N–H and O–H groups in total. The molecule has 1 saturated heterocycles. The molecule has 0 bridgehead atoms. The Morgan fingerprint density at radius 2 is 1.77 bits per heavy atom. The summed E-state index contributed by atoms with van der Waals surface area (Å²) in [6, 6.07) is 12.2. The van der Waals surface area contributed by atoms with Crippen LogP contribution in [0.15, 0.2) is 48.5 Å². The topological polar surface area (TPSA) is 49.8 Å². The predicted molar refractivity (Wildman–Crippen MR) is 107 cm³/mol. The molecule has 7 heteroatoms. The van der Waals surface area contributed by atoms with Gasteiger partial charge in [-0.05, 0) is 68.6 Å². The number of carbonyl (C=O) groups excluding carboxylic acids is 1. The number of nitrogens with zero attached hydrogens (tertiary/aromatic N) is 1. The highest BCUT2D eigenvalue weighted by Gasteiger charge is 2.43. The fourth-order valence-corrected chi connectivity index (χ4v) is 4.04. The lowest BCUT2D eigenvalue weighted by Gasteiger charge is -2.40. The highest BCUT2D eigenvalue weighted by molar-refractivity contribution is 5.77. The van der Waals surface area contributed by atoms with Crippen LogP contribution in [0, 0.1) is 5.41 Å². The Kier molecular flexibility index (Phi) is 6.71. The lowest BCUT2D eigenvalue weighted by molar-refractivity contribution is -0.158. The summed E-state index contributed by atoms with van der Waals surface area (Å²) in [6.07, 6.45) is -3.20. The number of aromatic hydroxyl groups is 1. The zero-order valence-corrected chi connectivity index (χ0v) is 16.9. The van der Waals surface area contributed by atoms with Crippen molar-refractivity contribution in [2.75, 3.05) is 19.7 Å². The van der Waals surface area contributed by atoms with Gasteiger partial charge in [0.05, 0.1) is 17.6 Å². The van der Waals surface area contributed by atoms with Gasteiger partial charge >= 0.3 is 12.1 Å². The van der Waals surface area contributed by atoms with E-state index in [-0.39, 0.29) is 24.7 Å². The first-order valence-corrected chi connectivity index (χ1v) is 10.1. The van der Waals surface area contributed by atoms with Crippen molar-refractivity contribution < 1.29 is 27.8 Å². The number of ether oxygens (including phenoxy) is 1. The first kappa shape index (κ1) is 22.2. The summed E-state index contributed by atoms with van der Waals surface area (Å²) in [7, 11) is 0. The summed E-state index contributed by atoms with van der Waals surface area (Å²) in [4.78, 5) is 15.0. The van der Waals surface area contributed by atoms with E-state index in [1.54, 1.807) is 31.2 Å². The van der Waals surface area contributed by atoms with E-state index in [2.05, 4.69) is 4.90 Å². The molecule has 1 heterocycles. The van der Waals surface area contributed by atoms with E-state index in [4.69, 9.17) is 4.74 Å². The maximum Gasteiger partial charge on any atom is 0.416 e. The standard InChI is InChI=1S/C23H26F3NO3/c1-2-30-21(29)22(15-17-5-3-7-19(13-17)23(24,25)26)9-11-27(12-10-22)16-18-6-4-8-20(28)14-18/h3-8,13-14,28H,2,9-12,15-16H2,1H3. The van der Waals surface area contributed by atoms with Crippen molar-refractivity contribution >= 4 is 5.97 Å². The quantitative estimate of drug-likeness (QED) is 0.681. The third-order valence-electron chi connectivity index (χ3n) is 5.64. The van der Waals surface area contributed by atoms with Crippen molar-refractivity contribution in [2.24, 2.45) is 5.41 Å². The molecule has 0 spiro atoms. The van der Waals surface area contributed by atoms with Crippen molar-refractivity contribution in [3.63, 3.8) is 0 Å². The molecule has 2 aromatic rings. The number of likely N-dealkylation sites (tertiary alicyclic amines) is 1. The van der Waals surface area contributed by atoms with Crippen molar-refractivity contribution in [2.45, 2.75) is 38.9 Å². The first-order valence-electron chi connectivity index (χ1n) is 10.1. The van der Waals surface area contributed by atoms with Crippen LogP contribution in [0.1, 0.15) is 36.5 Å². The summed E-state index contributed by atoms with van der Waals surface area (Å²) >= 11 is 0. The summed E-state index contributed by atoms with van der Waals surface area (Å²) in [5.41, 5.74) is -0.0913. The number of alkyl halides is 3. The number of hydrogen-bond acceptors (Lipinski definition) is 4. The van der Waals surface area contributed by atoms with Gasteiger partial charge in [-0.25, -0.2) is 0 Å². The molecule has 30 heavy (non-hydrogen) atoms. The minimum absolute atomic E-state index is 0.204. The highest BCUT2D eigenvalue weighted by Crippen LogP contribution is 2.38. The van der Waals surface area contributed by atoms with Gasteiger partial charge in [-0.2, -0.15) is 13.2 Å². The molecule has 4 nitrogen and oxygen atoms in total. The zero-order valence-electron chi connectivity index (χ0n) is 16.9. The normalized spacial score (nSPS) is 16.9. The average Bonchev–Trinajstić information content (AvgIpc) is 2.69. The van der Waals surface area contributed by atoms with Gasteiger partial charge in [0.2, 0.25) is 0 Å². The molecule has 0 saturated carbocycles. The van der Waals surface area contributed by atoms with Crippen LogP contribution in [0.3, 0.4) is 0 Å². The molecule has 0 unspecified atom stereocenters. The first-order chi connectivity index (χ1) is 14.2. The van der Waals surface area contributed by atoms with Gasteiger partial charge in [-0.15, -0.1) is 0 Å². The van der Waals surface area contributed by atoms with Crippen LogP contribution in [0.25, 0.3) is 0 Å². The Morgan fingerprint density at radius 3 is 2.40 bits per heavy atom. The second-order valence-electron chi connectivity index (χ2n) is 7.82. The van der Waals surface area contributed by atoms with Crippen LogP contribution < -0.4 is 0 Å². The van der Waals surface area contributed by atoms with Gasteiger partial charge in [-0.3, -0.25) is 9.69 Å². The van der Waals surface area contributed by atoms with Crippen LogP contribution in [0.2, 0.25) is 0 Å². The van der Waals surface area contributed by atoms with Crippen LogP contribution in [-0.2, 0) is 28.7 Å². The number of rotatable bonds is 6. The summed E-state index contributed by atoms with van der Waals surface area (Å²) < 4.78 is 44.6. The molecular weight excluding hydrogens is 395 g/mol. The van der Waals surface area contributed by atoms with Crippen LogP contribution in [-0.4, -0.2) is 35.7 Å². The average molecular weight is 421 g/mol. The van der Waals surface area contributed by atoms with Crippen molar-refractivity contribution in [3.8, 4) is 5.75 Å². The molecule has 3 rings (SSSR count). The van der Waals surface area contributed by atoms with Gasteiger partial charge in [0.15, 0.2) is 0 Å². The maximum atomic E-state index is 13.1. The smallest absolute Gasteiger partial charge is 0.416 e. The van der Waals surface area contributed by atoms with E-state index in [0.717, 1.165) is 17.7 Å². The Morgan fingerprint density at radius 1 is 1.10 bits per heavy atom. The molecule has 0 radical (unpaired) electrons. The number of carbonyl (C=O) groups is 1. The van der Waals surface area contributed by atoms with Crippen molar-refractivity contribution in [3.05, 3.63) is 65.2 Å². The van der Waals surface area contributed by atoms with Crippen LogP contribution in [0.5, 0.6) is 5.75 Å². The number of phenolic OH excluding ortho intramolecular Hbond substituents is 1. The SMILES string of the molecule is CCOC(=O)C1(Cc2cccc(C(F)(F)F)c2)CCN(Cc2cccc(O)c2)CC1. The number of phenols is 1. The van der Waals surface area contributed by atoms with Gasteiger partial charge in [-0.1, -0.05) is 30.3 Å². The number of halogens is 3. The zero-order chi connectivity index (χ0) is 21.8. The Balaban J connectivity index is 1.75. The van der Waals surface area contributed by atoms with E-state index in [1.165, 1.54) is 6.07 Å². The largest absolute Gasteiger partial charge is 0.508 e. The van der Waals surface area contributed by atoms with Gasteiger partial charge in [0.25, 0.3) is 0 Å². The molecule has 0 amide bonds. The van der Waals surface area contributed by atoms with E-state index in [0.29, 0.717) is 38.0 Å². The Hall–Kier alpha value is -2.54. The van der Waals surface area contributed by atoms with Gasteiger partial charge in [0, 0.05) is 6.54 Å². The van der Waals surface area contributed by atoms with Crippen LogP contribution in [0.4, 0.5) is 13.2 Å². The molecule has 1 aliphatic rings. The molecule has 1 fully saturated rings. The van der Waals surface area contributed by atoms with E-state index >= 15 is 0 Å². The molecule has 0 aromatic heterocycles. The minimum Gasteiger partial charge on any atom is -0.508 e. The van der Waals surface area contributed by atoms with E-state index in [1.807, 2.05) is 6.07 Å². The molecule has 1 aliphatic heterocycles. The molecule has 2 aromatic carbocycles. The second kappa shape index (κ2) is 9.08. The van der Waals surface area contributed by atoms with Crippen molar-refractivity contribution in [1.29, 1.82) is 0 Å². The Bertz CT molecular complexity index is 874. The monoisotopic (exact) mass is 421 g/mol. The lowest BCUT2D eigenvalue weighted by atomic mass is 9.73. The minimum atomic E-state index is -4.42. The maximum absolute atomic E-state index is 13.1. The fraction of sp³-hybridized carbons (Fsp3) is 0.435. The third kappa shape index (κ3) is 5.33. The Labute approximate surface area is 174 Å². The lowest BCUT2D eigenvalue weighted by Crippen LogP contribution is -2.46. The summed E-state index contributed by atoms with van der Waals surface area (Å²) in [5.74, 6) is -0.144. The number of piperidine rings is 1. The molecular formula is C23H26F3NO3. The molecule has 0 aliphatic carbocycles. The van der Waals surface area contributed by atoms with Gasteiger partial charge < -0.3 is 9.84 Å². The third-order valence-corrected chi connectivity index (χ3v) is 5.64. The second-order valence-corrected chi connectivity index (χ2v) is 7.82. The number of esters is 1. The fourth-order valence-electron chi connectivity index (χ4n) is 4.04. The summed E-state index contributed by atoms with van der Waals surface area (Å²) in [6.45, 7) is 3.83. The van der Waals surface area contributed by atoms with Crippen molar-refractivity contribution in [1.82, 2.24) is 4.90 Å². The summed E-state index contributed by atoms with van der Waals surface area (Å²) in [5, 5.41) is 9.64. The number of benzene rings is 2. The highest BCUT2D eigenvalue weighted by atomic mass is 19.4.